The number of nitrogens with zero attached hydrogens (tertiary/aromatic N) is 4. The fourth-order valence-corrected chi connectivity index (χ4v) is 8.55. The Hall–Kier alpha value is -5.40. The zero-order valence-corrected chi connectivity index (χ0v) is 31.7. The summed E-state index contributed by atoms with van der Waals surface area (Å²) in [5.41, 5.74) is 5.59. The molecule has 2 bridgehead atoms. The van der Waals surface area contributed by atoms with Crippen molar-refractivity contribution >= 4 is 35.0 Å². The SMILES string of the molecule is COC(=O)NC(C(=O)N1CCC[C@H]1c1nc2ccc(-c3ccc(-c4cnc([C@@H]5[C@H]6CC[C@H](C6)N5C(=O)[C@@H](NC(=O)OC)C(C)C)[nH]4)cc3)cc2[nH]1)C(C)C. The average molecular weight is 739 g/mol. The minimum atomic E-state index is -0.693. The van der Waals surface area contributed by atoms with Crippen LogP contribution in [0, 0.1) is 17.8 Å². The maximum absolute atomic E-state index is 13.9. The van der Waals surface area contributed by atoms with Gasteiger partial charge in [-0.3, -0.25) is 9.59 Å². The molecule has 2 saturated heterocycles. The molecule has 4 amide bonds. The average Bonchev–Trinajstić information content (AvgIpc) is 4.02. The highest BCUT2D eigenvalue weighted by Crippen LogP contribution is 2.50. The van der Waals surface area contributed by atoms with Gasteiger partial charge in [0.05, 0.1) is 49.2 Å². The highest BCUT2D eigenvalue weighted by Gasteiger charge is 2.51. The lowest BCUT2D eigenvalue weighted by Crippen LogP contribution is -2.54. The number of alkyl carbamates (subject to hydrolysis) is 2. The summed E-state index contributed by atoms with van der Waals surface area (Å²) in [5.74, 6) is 1.35. The lowest BCUT2D eigenvalue weighted by Gasteiger charge is -2.37. The van der Waals surface area contributed by atoms with E-state index in [1.165, 1.54) is 14.2 Å². The predicted octanol–water partition coefficient (Wildman–Crippen LogP) is 6.10. The molecular formula is C40H50N8O6. The lowest BCUT2D eigenvalue weighted by atomic mass is 9.95. The standard InChI is InChI=1S/C40H50N8O6/c1-21(2)32(45-39(51)53-5)37(49)47-17-7-8-31(47)35-42-28-16-14-25(19-29(28)43-35)23-9-11-24(12-10-23)30-20-41-36(44-30)34-26-13-15-27(18-26)48(34)38(50)33(22(3)4)46-40(52)54-6/h9-12,14,16,19-22,26-27,31-34H,7-8,13,15,17-18H2,1-6H3,(H,41,44)(H,42,43)(H,45,51)(H,46,52)/t26-,27+,31-,32?,33-,34-/m0/s1. The second kappa shape index (κ2) is 15.2. The van der Waals surface area contributed by atoms with Crippen LogP contribution in [0.3, 0.4) is 0 Å². The number of aromatic amines is 2. The van der Waals surface area contributed by atoms with Gasteiger partial charge in [0.1, 0.15) is 23.7 Å². The molecule has 0 radical (unpaired) electrons. The molecule has 6 atom stereocenters. The summed E-state index contributed by atoms with van der Waals surface area (Å²) < 4.78 is 9.58. The van der Waals surface area contributed by atoms with Crippen molar-refractivity contribution in [1.29, 1.82) is 0 Å². The molecule has 54 heavy (non-hydrogen) atoms. The number of imidazole rings is 2. The van der Waals surface area contributed by atoms with E-state index in [0.29, 0.717) is 12.5 Å². The number of aromatic nitrogens is 4. The first-order valence-corrected chi connectivity index (χ1v) is 18.9. The summed E-state index contributed by atoms with van der Waals surface area (Å²) in [6, 6.07) is 12.7. The van der Waals surface area contributed by atoms with E-state index in [1.54, 1.807) is 0 Å². The minimum absolute atomic E-state index is 0.0991. The Morgan fingerprint density at radius 1 is 0.796 bits per heavy atom. The van der Waals surface area contributed by atoms with Crippen molar-refractivity contribution in [1.82, 2.24) is 40.4 Å². The van der Waals surface area contributed by atoms with E-state index in [-0.39, 0.29) is 41.8 Å². The van der Waals surface area contributed by atoms with E-state index < -0.39 is 24.3 Å². The first-order valence-electron chi connectivity index (χ1n) is 18.9. The number of methoxy groups -OCH3 is 2. The molecule has 0 spiro atoms. The zero-order valence-electron chi connectivity index (χ0n) is 31.7. The predicted molar refractivity (Wildman–Crippen MR) is 202 cm³/mol. The molecule has 4 aromatic rings. The number of rotatable bonds is 10. The molecule has 2 aromatic carbocycles. The van der Waals surface area contributed by atoms with Crippen molar-refractivity contribution in [3.63, 3.8) is 0 Å². The van der Waals surface area contributed by atoms with E-state index in [4.69, 9.17) is 19.4 Å². The van der Waals surface area contributed by atoms with Gasteiger partial charge >= 0.3 is 12.2 Å². The van der Waals surface area contributed by atoms with Crippen LogP contribution in [0.2, 0.25) is 0 Å². The number of carbonyl (C=O) groups excluding carboxylic acids is 4. The monoisotopic (exact) mass is 738 g/mol. The molecule has 4 heterocycles. The number of likely N-dealkylation sites (tertiary alicyclic amines) is 2. The molecule has 14 heteroatoms. The van der Waals surface area contributed by atoms with Gasteiger partial charge in [-0.1, -0.05) is 58.0 Å². The van der Waals surface area contributed by atoms with E-state index in [2.05, 4.69) is 50.9 Å². The van der Waals surface area contributed by atoms with Gasteiger partial charge in [0.2, 0.25) is 11.8 Å². The van der Waals surface area contributed by atoms with E-state index >= 15 is 0 Å². The van der Waals surface area contributed by atoms with Crippen LogP contribution in [0.1, 0.15) is 83.5 Å². The summed E-state index contributed by atoms with van der Waals surface area (Å²) in [4.78, 5) is 72.0. The van der Waals surface area contributed by atoms with Gasteiger partial charge < -0.3 is 39.9 Å². The molecule has 7 rings (SSSR count). The summed E-state index contributed by atoms with van der Waals surface area (Å²) in [5, 5.41) is 5.45. The molecule has 1 unspecified atom stereocenters. The Bertz CT molecular complexity index is 2020. The first-order chi connectivity index (χ1) is 26.0. The molecule has 3 aliphatic rings. The number of H-pyrrole nitrogens is 2. The summed E-state index contributed by atoms with van der Waals surface area (Å²) >= 11 is 0. The van der Waals surface area contributed by atoms with Crippen LogP contribution in [0.5, 0.6) is 0 Å². The number of nitrogens with one attached hydrogen (secondary N) is 4. The Kier molecular flexibility index (Phi) is 10.4. The first kappa shape index (κ1) is 36.9. The summed E-state index contributed by atoms with van der Waals surface area (Å²) in [6.07, 6.45) is 5.12. The second-order valence-corrected chi connectivity index (χ2v) is 15.4. The maximum Gasteiger partial charge on any atom is 0.407 e. The van der Waals surface area contributed by atoms with Crippen LogP contribution in [0.4, 0.5) is 9.59 Å². The van der Waals surface area contributed by atoms with Crippen LogP contribution in [-0.4, -0.2) is 92.6 Å². The van der Waals surface area contributed by atoms with Gasteiger partial charge in [-0.2, -0.15) is 0 Å². The fourth-order valence-electron chi connectivity index (χ4n) is 8.55. The summed E-state index contributed by atoms with van der Waals surface area (Å²) in [7, 11) is 2.59. The van der Waals surface area contributed by atoms with Gasteiger partial charge in [0.25, 0.3) is 0 Å². The molecule has 14 nitrogen and oxygen atoms in total. The van der Waals surface area contributed by atoms with Crippen molar-refractivity contribution in [3.05, 3.63) is 60.3 Å². The second-order valence-electron chi connectivity index (χ2n) is 15.4. The van der Waals surface area contributed by atoms with Crippen molar-refractivity contribution in [3.8, 4) is 22.4 Å². The number of ether oxygens (including phenoxy) is 2. The van der Waals surface area contributed by atoms with Gasteiger partial charge in [-0.15, -0.1) is 0 Å². The van der Waals surface area contributed by atoms with Crippen molar-refractivity contribution < 1.29 is 28.7 Å². The maximum atomic E-state index is 13.9. The van der Waals surface area contributed by atoms with Gasteiger partial charge in [0, 0.05) is 12.6 Å². The third kappa shape index (κ3) is 7.01. The number of carbonyl (C=O) groups is 4. The topological polar surface area (TPSA) is 175 Å². The van der Waals surface area contributed by atoms with E-state index in [1.807, 2.05) is 55.8 Å². The number of fused-ring (bicyclic) bond motifs is 3. The number of hydrogen-bond donors (Lipinski definition) is 4. The van der Waals surface area contributed by atoms with Crippen LogP contribution < -0.4 is 10.6 Å². The molecule has 4 N–H and O–H groups in total. The van der Waals surface area contributed by atoms with Crippen molar-refractivity contribution in [2.45, 2.75) is 90.0 Å². The third-order valence-corrected chi connectivity index (χ3v) is 11.4. The molecule has 286 valence electrons. The fraction of sp³-hybridized carbons (Fsp3) is 0.500. The number of benzene rings is 2. The highest BCUT2D eigenvalue weighted by atomic mass is 16.5. The zero-order chi connectivity index (χ0) is 38.3. The number of piperidine rings is 1. The van der Waals surface area contributed by atoms with Gasteiger partial charge in [-0.25, -0.2) is 19.6 Å². The largest absolute Gasteiger partial charge is 0.453 e. The summed E-state index contributed by atoms with van der Waals surface area (Å²) in [6.45, 7) is 8.24. The van der Waals surface area contributed by atoms with Crippen molar-refractivity contribution in [2.75, 3.05) is 20.8 Å². The minimum Gasteiger partial charge on any atom is -0.453 e. The van der Waals surface area contributed by atoms with Crippen LogP contribution in [0.15, 0.2) is 48.7 Å². The Balaban J connectivity index is 1.07. The Morgan fingerprint density at radius 3 is 2.11 bits per heavy atom. The smallest absolute Gasteiger partial charge is 0.407 e. The quantitative estimate of drug-likeness (QED) is 0.151. The lowest BCUT2D eigenvalue weighted by molar-refractivity contribution is -0.139. The molecular weight excluding hydrogens is 688 g/mol. The highest BCUT2D eigenvalue weighted by molar-refractivity contribution is 5.88. The van der Waals surface area contributed by atoms with Crippen LogP contribution in [-0.2, 0) is 19.1 Å². The van der Waals surface area contributed by atoms with E-state index in [9.17, 15) is 19.2 Å². The van der Waals surface area contributed by atoms with Gasteiger partial charge in [-0.05, 0) is 78.7 Å². The van der Waals surface area contributed by atoms with Gasteiger partial charge in [0.15, 0.2) is 0 Å². The van der Waals surface area contributed by atoms with Crippen molar-refractivity contribution in [2.24, 2.45) is 17.8 Å². The van der Waals surface area contributed by atoms with Crippen LogP contribution >= 0.6 is 0 Å². The normalized spacial score (nSPS) is 21.9. The third-order valence-electron chi connectivity index (χ3n) is 11.4. The number of hydrogen-bond acceptors (Lipinski definition) is 8. The molecule has 3 fully saturated rings. The van der Waals surface area contributed by atoms with E-state index in [0.717, 1.165) is 77.2 Å². The van der Waals surface area contributed by atoms with Crippen LogP contribution in [0.25, 0.3) is 33.4 Å². The molecule has 2 aliphatic heterocycles. The Labute approximate surface area is 314 Å². The Morgan fingerprint density at radius 2 is 1.44 bits per heavy atom. The number of amides is 4. The molecule has 2 aromatic heterocycles. The molecule has 1 saturated carbocycles. The molecule has 1 aliphatic carbocycles.